The van der Waals surface area contributed by atoms with Gasteiger partial charge in [-0.15, -0.1) is 11.8 Å². The first-order valence-electron chi connectivity index (χ1n) is 10.4. The van der Waals surface area contributed by atoms with Gasteiger partial charge >= 0.3 is 0 Å². The molecule has 0 radical (unpaired) electrons. The van der Waals surface area contributed by atoms with Gasteiger partial charge < -0.3 is 29.5 Å². The number of thioether (sulfide) groups is 1. The van der Waals surface area contributed by atoms with E-state index < -0.39 is 29.9 Å². The minimum atomic E-state index is -1.32. The third-order valence-corrected chi connectivity index (χ3v) is 7.07. The molecule has 2 heterocycles. The van der Waals surface area contributed by atoms with E-state index in [0.29, 0.717) is 42.4 Å². The lowest BCUT2D eigenvalue weighted by atomic mass is 9.90. The molecule has 4 rings (SSSR count). The van der Waals surface area contributed by atoms with Crippen LogP contribution in [0.3, 0.4) is 0 Å². The number of fused-ring (bicyclic) bond motifs is 1. The van der Waals surface area contributed by atoms with Gasteiger partial charge in [-0.3, -0.25) is 0 Å². The molecule has 31 heavy (non-hydrogen) atoms. The number of benzene rings is 2. The molecule has 2 aromatic carbocycles. The molecule has 2 aliphatic rings. The summed E-state index contributed by atoms with van der Waals surface area (Å²) in [6.45, 7) is 3.05. The summed E-state index contributed by atoms with van der Waals surface area (Å²) in [5, 5.41) is 31.9. The van der Waals surface area contributed by atoms with E-state index in [4.69, 9.17) is 25.8 Å². The van der Waals surface area contributed by atoms with Gasteiger partial charge in [0.05, 0.1) is 18.2 Å². The molecule has 2 aliphatic heterocycles. The second-order valence-electron chi connectivity index (χ2n) is 7.73. The van der Waals surface area contributed by atoms with Crippen LogP contribution in [0, 0.1) is 0 Å². The molecule has 3 N–H and O–H groups in total. The van der Waals surface area contributed by atoms with E-state index in [0.717, 1.165) is 22.4 Å². The average Bonchev–Trinajstić information content (AvgIpc) is 3.27. The fourth-order valence-electron chi connectivity index (χ4n) is 4.16. The predicted octanol–water partition coefficient (Wildman–Crippen LogP) is 3.11. The first-order valence-corrected chi connectivity index (χ1v) is 12.0. The standard InChI is InChI=1S/C23H27ClO6S/c1-3-28-14-6-4-12(5-7-14)10-13-11-16(21-15(17(13)24)8-9-29-21)22-19(26)18(25)20(27)23(30-22)31-2/h4-7,11,18-20,22-23,25-27H,3,8-10H2,1-2H3. The van der Waals surface area contributed by atoms with Gasteiger partial charge in [-0.2, -0.15) is 0 Å². The van der Waals surface area contributed by atoms with Crippen LogP contribution in [0.4, 0.5) is 0 Å². The molecule has 168 valence electrons. The van der Waals surface area contributed by atoms with Gasteiger partial charge in [0.15, 0.2) is 0 Å². The van der Waals surface area contributed by atoms with E-state index >= 15 is 0 Å². The fourth-order valence-corrected chi connectivity index (χ4v) is 5.14. The Kier molecular flexibility index (Phi) is 7.01. The molecule has 0 saturated carbocycles. The number of hydrogen-bond acceptors (Lipinski definition) is 7. The van der Waals surface area contributed by atoms with Crippen LogP contribution in [0.25, 0.3) is 0 Å². The lowest BCUT2D eigenvalue weighted by Gasteiger charge is -2.40. The Bertz CT molecular complexity index is 919. The Balaban J connectivity index is 1.70. The van der Waals surface area contributed by atoms with Crippen molar-refractivity contribution in [2.75, 3.05) is 19.5 Å². The molecule has 0 amide bonds. The lowest BCUT2D eigenvalue weighted by molar-refractivity contribution is -0.200. The van der Waals surface area contributed by atoms with Crippen LogP contribution in [0.15, 0.2) is 30.3 Å². The lowest BCUT2D eigenvalue weighted by Crippen LogP contribution is -2.53. The molecule has 0 aliphatic carbocycles. The second kappa shape index (κ2) is 9.57. The Hall–Kier alpha value is -1.48. The minimum Gasteiger partial charge on any atom is -0.494 e. The number of aliphatic hydroxyl groups excluding tert-OH is 3. The summed E-state index contributed by atoms with van der Waals surface area (Å²) < 4.78 is 17.4. The van der Waals surface area contributed by atoms with Gasteiger partial charge in [-0.1, -0.05) is 23.7 Å². The van der Waals surface area contributed by atoms with Crippen LogP contribution in [0.1, 0.15) is 35.3 Å². The van der Waals surface area contributed by atoms with Crippen molar-refractivity contribution in [1.29, 1.82) is 0 Å². The summed E-state index contributed by atoms with van der Waals surface area (Å²) in [6, 6.07) is 9.75. The Morgan fingerprint density at radius 3 is 2.55 bits per heavy atom. The summed E-state index contributed by atoms with van der Waals surface area (Å²) in [4.78, 5) is 0. The first-order chi connectivity index (χ1) is 14.9. The molecular formula is C23H27ClO6S. The van der Waals surface area contributed by atoms with Gasteiger partial charge in [0, 0.05) is 17.5 Å². The number of ether oxygens (including phenoxy) is 3. The van der Waals surface area contributed by atoms with E-state index in [1.54, 1.807) is 6.26 Å². The van der Waals surface area contributed by atoms with Crippen molar-refractivity contribution in [1.82, 2.24) is 0 Å². The van der Waals surface area contributed by atoms with Gasteiger partial charge in [0.2, 0.25) is 0 Å². The highest BCUT2D eigenvalue weighted by Gasteiger charge is 2.45. The summed E-state index contributed by atoms with van der Waals surface area (Å²) >= 11 is 8.02. The maximum Gasteiger partial charge on any atom is 0.132 e. The summed E-state index contributed by atoms with van der Waals surface area (Å²) in [6.07, 6.45) is -1.58. The van der Waals surface area contributed by atoms with Crippen molar-refractivity contribution < 1.29 is 29.5 Å². The number of hydrogen-bond donors (Lipinski definition) is 3. The third-order valence-electron chi connectivity index (χ3n) is 5.75. The van der Waals surface area contributed by atoms with E-state index in [1.807, 2.05) is 37.3 Å². The highest BCUT2D eigenvalue weighted by molar-refractivity contribution is 7.99. The van der Waals surface area contributed by atoms with Crippen LogP contribution in [0.5, 0.6) is 11.5 Å². The van der Waals surface area contributed by atoms with Crippen LogP contribution in [-0.4, -0.2) is 58.5 Å². The topological polar surface area (TPSA) is 88.4 Å². The predicted molar refractivity (Wildman–Crippen MR) is 120 cm³/mol. The molecule has 1 fully saturated rings. The summed E-state index contributed by atoms with van der Waals surface area (Å²) in [7, 11) is 0. The van der Waals surface area contributed by atoms with Gasteiger partial charge in [0.25, 0.3) is 0 Å². The van der Waals surface area contributed by atoms with Crippen LogP contribution >= 0.6 is 23.4 Å². The molecule has 1 saturated heterocycles. The molecule has 2 aromatic rings. The van der Waals surface area contributed by atoms with Crippen molar-refractivity contribution in [3.05, 3.63) is 57.6 Å². The number of aliphatic hydroxyl groups is 3. The molecule has 6 nitrogen and oxygen atoms in total. The Morgan fingerprint density at radius 1 is 1.13 bits per heavy atom. The largest absolute Gasteiger partial charge is 0.494 e. The van der Waals surface area contributed by atoms with Crippen LogP contribution in [-0.2, 0) is 17.6 Å². The monoisotopic (exact) mass is 466 g/mol. The average molecular weight is 467 g/mol. The van der Waals surface area contributed by atoms with Gasteiger partial charge in [0.1, 0.15) is 41.4 Å². The van der Waals surface area contributed by atoms with Gasteiger partial charge in [-0.05, 0) is 48.9 Å². The fraction of sp³-hybridized carbons (Fsp3) is 0.478. The zero-order chi connectivity index (χ0) is 22.1. The molecule has 0 aromatic heterocycles. The minimum absolute atomic E-state index is 0.495. The highest BCUT2D eigenvalue weighted by atomic mass is 35.5. The first kappa shape index (κ1) is 22.7. The van der Waals surface area contributed by atoms with Crippen LogP contribution < -0.4 is 9.47 Å². The Labute approximate surface area is 191 Å². The van der Waals surface area contributed by atoms with E-state index in [1.165, 1.54) is 11.8 Å². The highest BCUT2D eigenvalue weighted by Crippen LogP contribution is 2.45. The molecule has 8 heteroatoms. The van der Waals surface area contributed by atoms with Crippen molar-refractivity contribution in [2.45, 2.75) is 49.6 Å². The SMILES string of the molecule is CCOc1ccc(Cc2cc(C3OC(SC)C(O)C(O)C3O)c3c(c2Cl)CCO3)cc1. The van der Waals surface area contributed by atoms with Gasteiger partial charge in [-0.25, -0.2) is 0 Å². The van der Waals surface area contributed by atoms with E-state index in [-0.39, 0.29) is 0 Å². The molecule has 5 unspecified atom stereocenters. The second-order valence-corrected chi connectivity index (χ2v) is 9.05. The Morgan fingerprint density at radius 2 is 1.87 bits per heavy atom. The smallest absolute Gasteiger partial charge is 0.132 e. The zero-order valence-electron chi connectivity index (χ0n) is 17.5. The molecule has 0 spiro atoms. The molecule has 0 bridgehead atoms. The normalized spacial score (nSPS) is 27.6. The van der Waals surface area contributed by atoms with Crippen molar-refractivity contribution in [3.8, 4) is 11.5 Å². The van der Waals surface area contributed by atoms with Crippen molar-refractivity contribution >= 4 is 23.4 Å². The van der Waals surface area contributed by atoms with Crippen LogP contribution in [0.2, 0.25) is 5.02 Å². The van der Waals surface area contributed by atoms with E-state index in [2.05, 4.69) is 0 Å². The maximum atomic E-state index is 10.7. The quantitative estimate of drug-likeness (QED) is 0.602. The summed E-state index contributed by atoms with van der Waals surface area (Å²) in [5.41, 5.74) is 2.83. The number of rotatable bonds is 6. The van der Waals surface area contributed by atoms with Crippen molar-refractivity contribution in [3.63, 3.8) is 0 Å². The summed E-state index contributed by atoms with van der Waals surface area (Å²) in [5.74, 6) is 1.42. The van der Waals surface area contributed by atoms with Crippen molar-refractivity contribution in [2.24, 2.45) is 0 Å². The number of halogens is 1. The molecular weight excluding hydrogens is 440 g/mol. The third kappa shape index (κ3) is 4.40. The zero-order valence-corrected chi connectivity index (χ0v) is 19.0. The maximum absolute atomic E-state index is 10.7. The molecule has 5 atom stereocenters. The van der Waals surface area contributed by atoms with E-state index in [9.17, 15) is 15.3 Å².